The number of nitrogens with one attached hydrogen (secondary N) is 1. The molecule has 0 fully saturated rings. The molecule has 2 aromatic rings. The van der Waals surface area contributed by atoms with E-state index in [2.05, 4.69) is 5.32 Å². The molecule has 0 saturated carbocycles. The molecule has 2 aromatic carbocycles. The largest absolute Gasteiger partial charge is 0.355 e. The van der Waals surface area contributed by atoms with Crippen LogP contribution in [0.3, 0.4) is 0 Å². The van der Waals surface area contributed by atoms with Gasteiger partial charge in [0.2, 0.25) is 5.91 Å². The summed E-state index contributed by atoms with van der Waals surface area (Å²) in [4.78, 5) is 13.4. The lowest BCUT2D eigenvalue weighted by Crippen LogP contribution is -2.33. The molecule has 122 valence electrons. The van der Waals surface area contributed by atoms with Crippen LogP contribution in [0.15, 0.2) is 53.4 Å². The average Bonchev–Trinajstić information content (AvgIpc) is 2.56. The van der Waals surface area contributed by atoms with Crippen LogP contribution in [0.1, 0.15) is 18.9 Å². The van der Waals surface area contributed by atoms with Crippen molar-refractivity contribution in [3.05, 3.63) is 64.1 Å². The number of thioether (sulfide) groups is 1. The highest BCUT2D eigenvalue weighted by atomic mass is 35.5. The van der Waals surface area contributed by atoms with E-state index in [4.69, 9.17) is 23.2 Å². The normalized spacial score (nSPS) is 12.0. The summed E-state index contributed by atoms with van der Waals surface area (Å²) < 4.78 is 0. The predicted molar refractivity (Wildman–Crippen MR) is 99.6 cm³/mol. The van der Waals surface area contributed by atoms with Gasteiger partial charge >= 0.3 is 0 Å². The van der Waals surface area contributed by atoms with Crippen molar-refractivity contribution in [2.45, 2.75) is 29.9 Å². The molecule has 0 aliphatic carbocycles. The Labute approximate surface area is 151 Å². The summed E-state index contributed by atoms with van der Waals surface area (Å²) in [5.41, 5.74) is 1.16. The van der Waals surface area contributed by atoms with E-state index in [9.17, 15) is 4.79 Å². The molecule has 0 saturated heterocycles. The second kappa shape index (κ2) is 9.21. The fourth-order valence-corrected chi connectivity index (χ4v) is 3.33. The number of rotatable bonds is 7. The third kappa shape index (κ3) is 6.09. The first-order valence-electron chi connectivity index (χ1n) is 7.53. The lowest BCUT2D eigenvalue weighted by atomic mass is 10.1. The van der Waals surface area contributed by atoms with Crippen LogP contribution in [0.25, 0.3) is 0 Å². The van der Waals surface area contributed by atoms with Gasteiger partial charge in [0.25, 0.3) is 0 Å². The number of hydrogen-bond acceptors (Lipinski definition) is 2. The molecule has 23 heavy (non-hydrogen) atoms. The van der Waals surface area contributed by atoms with Gasteiger partial charge in [-0.05, 0) is 54.8 Å². The highest BCUT2D eigenvalue weighted by Gasteiger charge is 2.17. The maximum Gasteiger partial charge on any atom is 0.233 e. The number of benzene rings is 2. The monoisotopic (exact) mass is 367 g/mol. The van der Waals surface area contributed by atoms with Crippen LogP contribution in [0.2, 0.25) is 10.0 Å². The summed E-state index contributed by atoms with van der Waals surface area (Å²) in [5.74, 6) is 0.0708. The van der Waals surface area contributed by atoms with E-state index in [-0.39, 0.29) is 11.2 Å². The Kier molecular flexibility index (Phi) is 7.28. The van der Waals surface area contributed by atoms with Crippen LogP contribution >= 0.6 is 35.0 Å². The van der Waals surface area contributed by atoms with Crippen molar-refractivity contribution in [1.29, 1.82) is 0 Å². The summed E-state index contributed by atoms with van der Waals surface area (Å²) in [5, 5.41) is 4.34. The number of carbonyl (C=O) groups excluding carboxylic acids is 1. The van der Waals surface area contributed by atoms with Gasteiger partial charge in [-0.15, -0.1) is 11.8 Å². The van der Waals surface area contributed by atoms with E-state index >= 15 is 0 Å². The first-order chi connectivity index (χ1) is 11.1. The molecule has 1 unspecified atom stereocenters. The minimum atomic E-state index is -0.0959. The Balaban J connectivity index is 1.82. The molecule has 1 amide bonds. The van der Waals surface area contributed by atoms with E-state index < -0.39 is 0 Å². The van der Waals surface area contributed by atoms with E-state index in [1.807, 2.05) is 55.5 Å². The van der Waals surface area contributed by atoms with Crippen LogP contribution < -0.4 is 5.32 Å². The third-order valence-corrected chi connectivity index (χ3v) is 5.26. The molecule has 0 spiro atoms. The summed E-state index contributed by atoms with van der Waals surface area (Å²) in [6.45, 7) is 2.64. The predicted octanol–water partition coefficient (Wildman–Crippen LogP) is 5.22. The first-order valence-corrected chi connectivity index (χ1v) is 9.16. The maximum absolute atomic E-state index is 12.3. The lowest BCUT2D eigenvalue weighted by molar-refractivity contribution is -0.120. The van der Waals surface area contributed by atoms with Gasteiger partial charge in [-0.3, -0.25) is 4.79 Å². The Morgan fingerprint density at radius 2 is 1.61 bits per heavy atom. The molecule has 0 radical (unpaired) electrons. The van der Waals surface area contributed by atoms with Crippen LogP contribution in [-0.2, 0) is 11.2 Å². The van der Waals surface area contributed by atoms with E-state index in [1.165, 1.54) is 0 Å². The van der Waals surface area contributed by atoms with Gasteiger partial charge in [-0.25, -0.2) is 0 Å². The molecule has 0 heterocycles. The highest BCUT2D eigenvalue weighted by Crippen LogP contribution is 2.26. The van der Waals surface area contributed by atoms with Crippen molar-refractivity contribution in [3.8, 4) is 0 Å². The zero-order valence-corrected chi connectivity index (χ0v) is 15.2. The summed E-state index contributed by atoms with van der Waals surface area (Å²) >= 11 is 13.3. The number of halogens is 2. The van der Waals surface area contributed by atoms with Crippen LogP contribution in [0, 0.1) is 0 Å². The summed E-state index contributed by atoms with van der Waals surface area (Å²) in [6.07, 6.45) is 1.57. The number of carbonyl (C=O) groups is 1. The van der Waals surface area contributed by atoms with Crippen molar-refractivity contribution >= 4 is 40.9 Å². The van der Waals surface area contributed by atoms with Gasteiger partial charge in [0.05, 0.1) is 5.25 Å². The molecule has 0 aliphatic rings. The SMILES string of the molecule is CCC(Sc1ccc(Cl)cc1)C(=O)NCCc1ccc(Cl)cc1. The van der Waals surface area contributed by atoms with Crippen molar-refractivity contribution < 1.29 is 4.79 Å². The second-order valence-corrected chi connectivity index (χ2v) is 7.29. The van der Waals surface area contributed by atoms with Crippen LogP contribution in [-0.4, -0.2) is 17.7 Å². The highest BCUT2D eigenvalue weighted by molar-refractivity contribution is 8.00. The van der Waals surface area contributed by atoms with Gasteiger partial charge < -0.3 is 5.32 Å². The Morgan fingerprint density at radius 1 is 1.04 bits per heavy atom. The van der Waals surface area contributed by atoms with Crippen molar-refractivity contribution in [2.24, 2.45) is 0 Å². The Morgan fingerprint density at radius 3 is 2.17 bits per heavy atom. The molecular weight excluding hydrogens is 349 g/mol. The molecule has 2 nitrogen and oxygen atoms in total. The quantitative estimate of drug-likeness (QED) is 0.679. The van der Waals surface area contributed by atoms with E-state index in [1.54, 1.807) is 11.8 Å². The topological polar surface area (TPSA) is 29.1 Å². The molecule has 1 N–H and O–H groups in total. The maximum atomic E-state index is 12.3. The van der Waals surface area contributed by atoms with Gasteiger partial charge in [-0.2, -0.15) is 0 Å². The van der Waals surface area contributed by atoms with Crippen molar-refractivity contribution in [1.82, 2.24) is 5.32 Å². The van der Waals surface area contributed by atoms with Crippen LogP contribution in [0.5, 0.6) is 0 Å². The van der Waals surface area contributed by atoms with Gasteiger partial charge in [0.1, 0.15) is 0 Å². The molecule has 1 atom stereocenters. The lowest BCUT2D eigenvalue weighted by Gasteiger charge is -2.15. The van der Waals surface area contributed by atoms with E-state index in [0.717, 1.165) is 28.3 Å². The van der Waals surface area contributed by atoms with E-state index in [0.29, 0.717) is 11.6 Å². The van der Waals surface area contributed by atoms with Gasteiger partial charge in [0, 0.05) is 21.5 Å². The number of hydrogen-bond donors (Lipinski definition) is 1. The molecular formula is C18H19Cl2NOS. The Bertz CT molecular complexity index is 628. The summed E-state index contributed by atoms with van der Waals surface area (Å²) in [7, 11) is 0. The van der Waals surface area contributed by atoms with Gasteiger partial charge in [0.15, 0.2) is 0 Å². The fourth-order valence-electron chi connectivity index (χ4n) is 2.09. The average molecular weight is 368 g/mol. The molecule has 0 aromatic heterocycles. The fraction of sp³-hybridized carbons (Fsp3) is 0.278. The molecule has 0 bridgehead atoms. The van der Waals surface area contributed by atoms with Crippen molar-refractivity contribution in [2.75, 3.05) is 6.54 Å². The van der Waals surface area contributed by atoms with Gasteiger partial charge in [-0.1, -0.05) is 42.3 Å². The zero-order chi connectivity index (χ0) is 16.7. The summed E-state index contributed by atoms with van der Waals surface area (Å²) in [6, 6.07) is 15.3. The second-order valence-electron chi connectivity index (χ2n) is 5.14. The molecule has 5 heteroatoms. The Hall–Kier alpha value is -1.16. The third-order valence-electron chi connectivity index (χ3n) is 3.38. The van der Waals surface area contributed by atoms with Crippen molar-refractivity contribution in [3.63, 3.8) is 0 Å². The first kappa shape index (κ1) is 18.2. The smallest absolute Gasteiger partial charge is 0.233 e. The standard InChI is InChI=1S/C18H19Cl2NOS/c1-2-17(23-16-9-7-15(20)8-10-16)18(22)21-12-11-13-3-5-14(19)6-4-13/h3-10,17H,2,11-12H2,1H3,(H,21,22). The molecule has 2 rings (SSSR count). The minimum absolute atomic E-state index is 0.0708. The number of amides is 1. The van der Waals surface area contributed by atoms with Crippen LogP contribution in [0.4, 0.5) is 0 Å². The molecule has 0 aliphatic heterocycles. The minimum Gasteiger partial charge on any atom is -0.355 e. The zero-order valence-electron chi connectivity index (χ0n) is 12.9.